The van der Waals surface area contributed by atoms with E-state index in [9.17, 15) is 14.4 Å². The average molecular weight is 404 g/mol. The monoisotopic (exact) mass is 404 g/mol. The number of nitrogens with one attached hydrogen (secondary N) is 1. The fourth-order valence-corrected chi connectivity index (χ4v) is 2.91. The molecule has 1 aliphatic rings. The number of hydrogen-bond acceptors (Lipinski definition) is 7. The van der Waals surface area contributed by atoms with Crippen LogP contribution >= 0.6 is 0 Å². The Bertz CT molecular complexity index is 778. The van der Waals surface area contributed by atoms with E-state index in [1.165, 1.54) is 13.3 Å². The Morgan fingerprint density at radius 1 is 1.17 bits per heavy atom. The first-order valence-electron chi connectivity index (χ1n) is 9.39. The van der Waals surface area contributed by atoms with Crippen molar-refractivity contribution in [2.45, 2.75) is 12.8 Å². The van der Waals surface area contributed by atoms with E-state index in [2.05, 4.69) is 10.3 Å². The van der Waals surface area contributed by atoms with Gasteiger partial charge in [0.15, 0.2) is 17.4 Å². The van der Waals surface area contributed by atoms with Gasteiger partial charge in [0, 0.05) is 19.3 Å². The number of benzene rings is 1. The van der Waals surface area contributed by atoms with E-state index in [-0.39, 0.29) is 6.54 Å². The number of barbiturate groups is 1. The average Bonchev–Trinajstić information content (AvgIpc) is 2.69. The highest BCUT2D eigenvalue weighted by atomic mass is 16.5. The van der Waals surface area contributed by atoms with Gasteiger partial charge >= 0.3 is 6.03 Å². The topological polar surface area (TPSA) is 101 Å². The van der Waals surface area contributed by atoms with Crippen molar-refractivity contribution in [3.05, 3.63) is 23.8 Å². The lowest BCUT2D eigenvalue weighted by molar-refractivity contribution is -0.139. The molecule has 0 spiro atoms. The fraction of sp³-hybridized carbons (Fsp3) is 0.500. The summed E-state index contributed by atoms with van der Waals surface area (Å²) in [5.74, 6) is -1.12. The Morgan fingerprint density at radius 3 is 2.55 bits per heavy atom. The van der Waals surface area contributed by atoms with Crippen LogP contribution in [-0.4, -0.2) is 81.8 Å². The molecule has 1 saturated heterocycles. The molecule has 1 aromatic rings. The molecule has 2 rings (SSSR count). The Balaban J connectivity index is 2.00. The zero-order valence-electron chi connectivity index (χ0n) is 17.3. The van der Waals surface area contributed by atoms with Gasteiger partial charge in [-0.3, -0.25) is 24.8 Å². The summed E-state index contributed by atoms with van der Waals surface area (Å²) in [6.45, 7) is 1.51. The van der Waals surface area contributed by atoms with Gasteiger partial charge in [-0.05, 0) is 51.2 Å². The van der Waals surface area contributed by atoms with Gasteiger partial charge in [0.05, 0.1) is 14.2 Å². The lowest BCUT2D eigenvalue weighted by Gasteiger charge is -2.28. The molecule has 1 N–H and O–H groups in total. The third-order valence-electron chi connectivity index (χ3n) is 4.51. The summed E-state index contributed by atoms with van der Waals surface area (Å²) in [5.41, 5.74) is 0.869. The second-order valence-electron chi connectivity index (χ2n) is 6.91. The predicted molar refractivity (Wildman–Crippen MR) is 109 cm³/mol. The van der Waals surface area contributed by atoms with Crippen molar-refractivity contribution in [1.29, 1.82) is 0 Å². The molecule has 158 valence electrons. The van der Waals surface area contributed by atoms with E-state index in [1.807, 2.05) is 25.1 Å². The maximum atomic E-state index is 12.7. The Kier molecular flexibility index (Phi) is 8.14. The van der Waals surface area contributed by atoms with Crippen LogP contribution in [0, 0.1) is 5.92 Å². The fourth-order valence-electron chi connectivity index (χ4n) is 2.91. The second kappa shape index (κ2) is 10.6. The largest absolute Gasteiger partial charge is 0.493 e. The van der Waals surface area contributed by atoms with Crippen LogP contribution in [0.5, 0.6) is 11.5 Å². The first-order chi connectivity index (χ1) is 13.9. The molecule has 1 unspecified atom stereocenters. The van der Waals surface area contributed by atoms with Crippen molar-refractivity contribution in [3.63, 3.8) is 0 Å². The van der Waals surface area contributed by atoms with Crippen molar-refractivity contribution in [1.82, 2.24) is 15.1 Å². The van der Waals surface area contributed by atoms with Crippen molar-refractivity contribution in [2.24, 2.45) is 10.9 Å². The van der Waals surface area contributed by atoms with E-state index in [4.69, 9.17) is 9.47 Å². The highest BCUT2D eigenvalue weighted by Crippen LogP contribution is 2.27. The molecule has 1 heterocycles. The van der Waals surface area contributed by atoms with Gasteiger partial charge < -0.3 is 14.4 Å². The van der Waals surface area contributed by atoms with Crippen LogP contribution in [0.4, 0.5) is 4.79 Å². The van der Waals surface area contributed by atoms with Gasteiger partial charge in [-0.25, -0.2) is 4.79 Å². The molecular formula is C20H28N4O5. The Labute approximate surface area is 170 Å². The molecule has 9 nitrogen and oxygen atoms in total. The first kappa shape index (κ1) is 22.4. The molecule has 1 fully saturated rings. The first-order valence-corrected chi connectivity index (χ1v) is 9.39. The SMILES string of the molecule is COc1ccc(CCN2C(=O)NC(=O)C(C=NCCCN(C)C)C2=O)cc1OC. The number of amides is 4. The number of methoxy groups -OCH3 is 2. The highest BCUT2D eigenvalue weighted by Gasteiger charge is 2.39. The number of nitrogens with zero attached hydrogens (tertiary/aromatic N) is 3. The number of imide groups is 2. The molecule has 0 aromatic heterocycles. The minimum absolute atomic E-state index is 0.137. The van der Waals surface area contributed by atoms with Crippen LogP contribution in [0.15, 0.2) is 23.2 Å². The minimum Gasteiger partial charge on any atom is -0.493 e. The third-order valence-corrected chi connectivity index (χ3v) is 4.51. The van der Waals surface area contributed by atoms with Crippen molar-refractivity contribution in [3.8, 4) is 11.5 Å². The maximum Gasteiger partial charge on any atom is 0.330 e. The number of ether oxygens (including phenoxy) is 2. The summed E-state index contributed by atoms with van der Waals surface area (Å²) < 4.78 is 10.5. The van der Waals surface area contributed by atoms with Crippen LogP contribution in [0.25, 0.3) is 0 Å². The Hall–Kier alpha value is -2.94. The van der Waals surface area contributed by atoms with Crippen LogP contribution in [0.1, 0.15) is 12.0 Å². The predicted octanol–water partition coefficient (Wildman–Crippen LogP) is 0.963. The van der Waals surface area contributed by atoms with Crippen LogP contribution in [0.3, 0.4) is 0 Å². The molecule has 0 aliphatic carbocycles. The molecular weight excluding hydrogens is 376 g/mol. The summed E-state index contributed by atoms with van der Waals surface area (Å²) in [6.07, 6.45) is 2.57. The third kappa shape index (κ3) is 6.02. The van der Waals surface area contributed by atoms with E-state index >= 15 is 0 Å². The number of carbonyl (C=O) groups is 3. The zero-order valence-corrected chi connectivity index (χ0v) is 17.3. The summed E-state index contributed by atoms with van der Waals surface area (Å²) in [7, 11) is 7.01. The van der Waals surface area contributed by atoms with Crippen LogP contribution < -0.4 is 14.8 Å². The van der Waals surface area contributed by atoms with Crippen molar-refractivity contribution in [2.75, 3.05) is 47.9 Å². The smallest absolute Gasteiger partial charge is 0.330 e. The summed E-state index contributed by atoms with van der Waals surface area (Å²) in [4.78, 5) is 44.1. The Morgan fingerprint density at radius 2 is 1.90 bits per heavy atom. The molecule has 1 atom stereocenters. The maximum absolute atomic E-state index is 12.7. The molecule has 0 radical (unpaired) electrons. The van der Waals surface area contributed by atoms with Gasteiger partial charge in [-0.15, -0.1) is 0 Å². The second-order valence-corrected chi connectivity index (χ2v) is 6.91. The standard InChI is InChI=1S/C20H28N4O5/c1-23(2)10-5-9-21-13-15-18(25)22-20(27)24(19(15)26)11-8-14-6-7-16(28-3)17(12-14)29-4/h6-7,12-13,15H,5,8-11H2,1-4H3,(H,22,25,27). The summed E-state index contributed by atoms with van der Waals surface area (Å²) in [5, 5.41) is 2.23. The minimum atomic E-state index is -1.09. The molecule has 1 aliphatic heterocycles. The van der Waals surface area contributed by atoms with Crippen LogP contribution in [-0.2, 0) is 16.0 Å². The summed E-state index contributed by atoms with van der Waals surface area (Å²) >= 11 is 0. The van der Waals surface area contributed by atoms with E-state index in [0.717, 1.165) is 23.4 Å². The molecule has 0 bridgehead atoms. The van der Waals surface area contributed by atoms with E-state index < -0.39 is 23.8 Å². The number of carbonyl (C=O) groups excluding carboxylic acids is 3. The van der Waals surface area contributed by atoms with Gasteiger partial charge in [-0.2, -0.15) is 0 Å². The number of urea groups is 1. The van der Waals surface area contributed by atoms with Gasteiger partial charge in [-0.1, -0.05) is 6.07 Å². The number of hydrogen-bond donors (Lipinski definition) is 1. The lowest BCUT2D eigenvalue weighted by Crippen LogP contribution is -2.58. The normalized spacial score (nSPS) is 17.2. The quantitative estimate of drug-likeness (QED) is 0.354. The molecule has 0 saturated carbocycles. The van der Waals surface area contributed by atoms with Crippen LogP contribution in [0.2, 0.25) is 0 Å². The molecule has 29 heavy (non-hydrogen) atoms. The van der Waals surface area contributed by atoms with Crippen molar-refractivity contribution < 1.29 is 23.9 Å². The summed E-state index contributed by atoms with van der Waals surface area (Å²) in [6, 6.07) is 4.68. The van der Waals surface area contributed by atoms with Gasteiger partial charge in [0.2, 0.25) is 11.8 Å². The molecule has 4 amide bonds. The van der Waals surface area contributed by atoms with Gasteiger partial charge in [0.25, 0.3) is 0 Å². The molecule has 1 aromatic carbocycles. The number of aliphatic imine (C=N–C) groups is 1. The van der Waals surface area contributed by atoms with Crippen molar-refractivity contribution >= 4 is 24.1 Å². The number of rotatable bonds is 10. The molecule has 9 heteroatoms. The lowest BCUT2D eigenvalue weighted by atomic mass is 10.1. The van der Waals surface area contributed by atoms with E-state index in [0.29, 0.717) is 24.5 Å². The van der Waals surface area contributed by atoms with Gasteiger partial charge in [0.1, 0.15) is 0 Å². The van der Waals surface area contributed by atoms with E-state index in [1.54, 1.807) is 19.2 Å². The highest BCUT2D eigenvalue weighted by molar-refractivity contribution is 6.23. The zero-order chi connectivity index (χ0) is 21.4.